The van der Waals surface area contributed by atoms with Gasteiger partial charge >= 0.3 is 0 Å². The van der Waals surface area contributed by atoms with Crippen LogP contribution in [0, 0.1) is 6.92 Å². The van der Waals surface area contributed by atoms with Gasteiger partial charge in [0.25, 0.3) is 0 Å². The van der Waals surface area contributed by atoms with E-state index in [4.69, 9.17) is 10.5 Å². The highest BCUT2D eigenvalue weighted by Crippen LogP contribution is 2.25. The monoisotopic (exact) mass is 222 g/mol. The fourth-order valence-electron chi connectivity index (χ4n) is 1.39. The molecule has 0 saturated carbocycles. The molecule has 4 heteroatoms. The number of methoxy groups -OCH3 is 1. The van der Waals surface area contributed by atoms with E-state index in [1.807, 2.05) is 25.1 Å². The molecular formula is C12H18N2O2. The molecule has 0 fully saturated rings. The molecule has 0 aromatic heterocycles. The summed E-state index contributed by atoms with van der Waals surface area (Å²) in [6, 6.07) is 5.67. The number of nitrogens with one attached hydrogen (secondary N) is 1. The van der Waals surface area contributed by atoms with Crippen LogP contribution in [0.4, 0.5) is 5.69 Å². The minimum atomic E-state index is -0.0330. The molecule has 0 atom stereocenters. The maximum absolute atomic E-state index is 11.5. The Hall–Kier alpha value is -1.55. The molecule has 16 heavy (non-hydrogen) atoms. The van der Waals surface area contributed by atoms with Crippen molar-refractivity contribution in [3.8, 4) is 5.75 Å². The van der Waals surface area contributed by atoms with Gasteiger partial charge in [-0.2, -0.15) is 0 Å². The van der Waals surface area contributed by atoms with E-state index in [2.05, 4.69) is 5.32 Å². The Balaban J connectivity index is 2.71. The summed E-state index contributed by atoms with van der Waals surface area (Å²) < 4.78 is 5.17. The van der Waals surface area contributed by atoms with Crippen molar-refractivity contribution in [3.63, 3.8) is 0 Å². The van der Waals surface area contributed by atoms with E-state index in [0.717, 1.165) is 5.56 Å². The van der Waals surface area contributed by atoms with Crippen LogP contribution in [-0.2, 0) is 4.79 Å². The fraction of sp³-hybridized carbons (Fsp3) is 0.417. The number of rotatable bonds is 5. The van der Waals surface area contributed by atoms with Crippen LogP contribution < -0.4 is 15.8 Å². The highest BCUT2D eigenvalue weighted by atomic mass is 16.5. The van der Waals surface area contributed by atoms with Crippen molar-refractivity contribution >= 4 is 11.6 Å². The van der Waals surface area contributed by atoms with Gasteiger partial charge in [0.1, 0.15) is 5.75 Å². The molecule has 1 amide bonds. The minimum Gasteiger partial charge on any atom is -0.495 e. The van der Waals surface area contributed by atoms with Crippen molar-refractivity contribution in [2.45, 2.75) is 19.8 Å². The summed E-state index contributed by atoms with van der Waals surface area (Å²) >= 11 is 0. The van der Waals surface area contributed by atoms with E-state index in [-0.39, 0.29) is 5.91 Å². The predicted molar refractivity (Wildman–Crippen MR) is 64.6 cm³/mol. The molecule has 0 heterocycles. The van der Waals surface area contributed by atoms with Gasteiger partial charge in [-0.05, 0) is 37.6 Å². The lowest BCUT2D eigenvalue weighted by atomic mass is 10.2. The highest BCUT2D eigenvalue weighted by Gasteiger charge is 2.06. The van der Waals surface area contributed by atoms with E-state index in [9.17, 15) is 4.79 Å². The van der Waals surface area contributed by atoms with Crippen LogP contribution in [0.3, 0.4) is 0 Å². The van der Waals surface area contributed by atoms with Crippen molar-refractivity contribution in [3.05, 3.63) is 23.8 Å². The van der Waals surface area contributed by atoms with Crippen molar-refractivity contribution < 1.29 is 9.53 Å². The van der Waals surface area contributed by atoms with Gasteiger partial charge in [0.05, 0.1) is 12.8 Å². The van der Waals surface area contributed by atoms with E-state index >= 15 is 0 Å². The smallest absolute Gasteiger partial charge is 0.224 e. The van der Waals surface area contributed by atoms with Gasteiger partial charge in [-0.3, -0.25) is 4.79 Å². The Morgan fingerprint density at radius 2 is 2.25 bits per heavy atom. The minimum absolute atomic E-state index is 0.0330. The van der Waals surface area contributed by atoms with Gasteiger partial charge in [-0.25, -0.2) is 0 Å². The van der Waals surface area contributed by atoms with Crippen molar-refractivity contribution in [1.82, 2.24) is 0 Å². The zero-order valence-electron chi connectivity index (χ0n) is 9.75. The van der Waals surface area contributed by atoms with Crippen LogP contribution in [0.1, 0.15) is 18.4 Å². The topological polar surface area (TPSA) is 64.3 Å². The summed E-state index contributed by atoms with van der Waals surface area (Å²) in [5.74, 6) is 0.640. The molecule has 0 unspecified atom stereocenters. The molecule has 3 N–H and O–H groups in total. The number of ether oxygens (including phenoxy) is 1. The Morgan fingerprint density at radius 3 is 2.88 bits per heavy atom. The molecule has 0 aliphatic carbocycles. The largest absolute Gasteiger partial charge is 0.495 e. The first-order chi connectivity index (χ1) is 7.67. The van der Waals surface area contributed by atoms with Crippen molar-refractivity contribution in [2.24, 2.45) is 5.73 Å². The maximum Gasteiger partial charge on any atom is 0.224 e. The number of benzene rings is 1. The summed E-state index contributed by atoms with van der Waals surface area (Å²) in [6.07, 6.45) is 1.13. The molecule has 4 nitrogen and oxygen atoms in total. The number of nitrogens with two attached hydrogens (primary N) is 1. The fourth-order valence-corrected chi connectivity index (χ4v) is 1.39. The van der Waals surface area contributed by atoms with Crippen LogP contribution in [0.15, 0.2) is 18.2 Å². The van der Waals surface area contributed by atoms with E-state index in [0.29, 0.717) is 30.8 Å². The third-order valence-corrected chi connectivity index (χ3v) is 2.24. The first-order valence-corrected chi connectivity index (χ1v) is 5.32. The number of carbonyl (C=O) groups is 1. The summed E-state index contributed by atoms with van der Waals surface area (Å²) in [7, 11) is 1.58. The zero-order valence-corrected chi connectivity index (χ0v) is 9.75. The van der Waals surface area contributed by atoms with Gasteiger partial charge in [0.2, 0.25) is 5.91 Å². The zero-order chi connectivity index (χ0) is 12.0. The third-order valence-electron chi connectivity index (χ3n) is 2.24. The lowest BCUT2D eigenvalue weighted by molar-refractivity contribution is -0.116. The Bertz CT molecular complexity index is 364. The summed E-state index contributed by atoms with van der Waals surface area (Å²) in [6.45, 7) is 2.49. The van der Waals surface area contributed by atoms with E-state index in [1.54, 1.807) is 7.11 Å². The number of hydrogen-bond acceptors (Lipinski definition) is 3. The molecular weight excluding hydrogens is 204 g/mol. The van der Waals surface area contributed by atoms with Crippen LogP contribution >= 0.6 is 0 Å². The van der Waals surface area contributed by atoms with Gasteiger partial charge in [-0.1, -0.05) is 6.07 Å². The quantitative estimate of drug-likeness (QED) is 0.796. The average molecular weight is 222 g/mol. The molecule has 1 aromatic carbocycles. The van der Waals surface area contributed by atoms with Crippen molar-refractivity contribution in [2.75, 3.05) is 19.0 Å². The number of amides is 1. The molecule has 0 aliphatic heterocycles. The lowest BCUT2D eigenvalue weighted by Gasteiger charge is -2.10. The van der Waals surface area contributed by atoms with Crippen LogP contribution in [0.25, 0.3) is 0 Å². The third kappa shape index (κ3) is 3.55. The summed E-state index contributed by atoms with van der Waals surface area (Å²) in [5.41, 5.74) is 7.14. The van der Waals surface area contributed by atoms with Crippen LogP contribution in [0.2, 0.25) is 0 Å². The number of anilines is 1. The first-order valence-electron chi connectivity index (χ1n) is 5.32. The number of carbonyl (C=O) groups excluding carboxylic acids is 1. The second kappa shape index (κ2) is 6.12. The Labute approximate surface area is 95.8 Å². The number of hydrogen-bond donors (Lipinski definition) is 2. The molecule has 0 bridgehead atoms. The lowest BCUT2D eigenvalue weighted by Crippen LogP contribution is -2.14. The second-order valence-corrected chi connectivity index (χ2v) is 3.64. The molecule has 88 valence electrons. The predicted octanol–water partition coefficient (Wildman–Crippen LogP) is 1.68. The molecule has 0 aliphatic rings. The standard InChI is InChI=1S/C12H18N2O2/c1-9-5-6-11(16-2)10(8-9)14-12(15)4-3-7-13/h5-6,8H,3-4,7,13H2,1-2H3,(H,14,15). The maximum atomic E-state index is 11.5. The van der Waals surface area contributed by atoms with Gasteiger partial charge < -0.3 is 15.8 Å². The second-order valence-electron chi connectivity index (χ2n) is 3.64. The van der Waals surface area contributed by atoms with Gasteiger partial charge in [0, 0.05) is 6.42 Å². The molecule has 0 radical (unpaired) electrons. The highest BCUT2D eigenvalue weighted by molar-refractivity contribution is 5.92. The average Bonchev–Trinajstić information content (AvgIpc) is 2.27. The first kappa shape index (κ1) is 12.5. The molecule has 0 saturated heterocycles. The molecule has 1 rings (SSSR count). The van der Waals surface area contributed by atoms with Crippen molar-refractivity contribution in [1.29, 1.82) is 0 Å². The SMILES string of the molecule is COc1ccc(C)cc1NC(=O)CCCN. The van der Waals surface area contributed by atoms with E-state index in [1.165, 1.54) is 0 Å². The molecule has 0 spiro atoms. The summed E-state index contributed by atoms with van der Waals surface area (Å²) in [5, 5.41) is 2.82. The summed E-state index contributed by atoms with van der Waals surface area (Å²) in [4.78, 5) is 11.5. The number of aryl methyl sites for hydroxylation is 1. The molecule has 1 aromatic rings. The van der Waals surface area contributed by atoms with Crippen LogP contribution in [0.5, 0.6) is 5.75 Å². The Kier molecular flexibility index (Phi) is 4.79. The van der Waals surface area contributed by atoms with Crippen LogP contribution in [-0.4, -0.2) is 19.6 Å². The normalized spacial score (nSPS) is 9.94. The van der Waals surface area contributed by atoms with E-state index < -0.39 is 0 Å². The van der Waals surface area contributed by atoms with Gasteiger partial charge in [-0.15, -0.1) is 0 Å². The Morgan fingerprint density at radius 1 is 1.50 bits per heavy atom. The van der Waals surface area contributed by atoms with Gasteiger partial charge in [0.15, 0.2) is 0 Å².